The number of carbonyl (C=O) groups is 2. The molecule has 0 saturated carbocycles. The second-order valence-electron chi connectivity index (χ2n) is 9.05. The minimum atomic E-state index is -1.44. The number of benzene rings is 1. The molecule has 1 aliphatic heterocycles. The Kier molecular flexibility index (Phi) is 6.12. The standard InChI is InChI=1S/C25H32N2O5/c1-5-31-22(28)25(23(29)32-6-2)15-19-17-9-7-8-10-18(17)21(24(3,4)20(19)16-25)26-27-11-13-30-14-12-27/h7-10,15,20H,5-6,11-14,16H2,1-4H3/b26-21-. The van der Waals surface area contributed by atoms with Gasteiger partial charge in [-0.1, -0.05) is 44.2 Å². The third kappa shape index (κ3) is 3.62. The van der Waals surface area contributed by atoms with Crippen LogP contribution in [-0.4, -0.2) is 62.2 Å². The van der Waals surface area contributed by atoms with Crippen molar-refractivity contribution in [2.24, 2.45) is 21.8 Å². The highest BCUT2D eigenvalue weighted by Gasteiger charge is 2.59. The maximum Gasteiger partial charge on any atom is 0.327 e. The van der Waals surface area contributed by atoms with Crippen LogP contribution in [0.4, 0.5) is 0 Å². The van der Waals surface area contributed by atoms with Gasteiger partial charge in [0.25, 0.3) is 0 Å². The Morgan fingerprint density at radius 1 is 1.06 bits per heavy atom. The minimum absolute atomic E-state index is 0.0778. The second kappa shape index (κ2) is 8.70. The Morgan fingerprint density at radius 3 is 2.25 bits per heavy atom. The maximum absolute atomic E-state index is 13.1. The number of hydrogen-bond acceptors (Lipinski definition) is 7. The van der Waals surface area contributed by atoms with Crippen LogP contribution in [-0.2, 0) is 23.8 Å². The summed E-state index contributed by atoms with van der Waals surface area (Å²) in [5.74, 6) is -1.16. The number of fused-ring (bicyclic) bond motifs is 3. The summed E-state index contributed by atoms with van der Waals surface area (Å²) < 4.78 is 16.2. The van der Waals surface area contributed by atoms with Gasteiger partial charge in [-0.15, -0.1) is 0 Å². The van der Waals surface area contributed by atoms with Crippen LogP contribution in [0.1, 0.15) is 45.2 Å². The van der Waals surface area contributed by atoms with Crippen molar-refractivity contribution in [2.45, 2.75) is 34.1 Å². The van der Waals surface area contributed by atoms with E-state index in [1.165, 1.54) is 0 Å². The number of hydrazone groups is 1. The number of carbonyl (C=O) groups excluding carboxylic acids is 2. The minimum Gasteiger partial charge on any atom is -0.465 e. The van der Waals surface area contributed by atoms with Crippen molar-refractivity contribution in [1.82, 2.24) is 5.01 Å². The molecule has 1 saturated heterocycles. The average Bonchev–Trinajstić information content (AvgIpc) is 3.21. The molecule has 0 N–H and O–H groups in total. The average molecular weight is 441 g/mol. The summed E-state index contributed by atoms with van der Waals surface area (Å²) >= 11 is 0. The van der Waals surface area contributed by atoms with Crippen LogP contribution in [0.25, 0.3) is 5.57 Å². The van der Waals surface area contributed by atoms with Crippen molar-refractivity contribution < 1.29 is 23.8 Å². The van der Waals surface area contributed by atoms with E-state index in [2.05, 4.69) is 24.9 Å². The second-order valence-corrected chi connectivity index (χ2v) is 9.05. The van der Waals surface area contributed by atoms with Crippen LogP contribution in [0.3, 0.4) is 0 Å². The van der Waals surface area contributed by atoms with E-state index in [1.54, 1.807) is 19.9 Å². The molecule has 1 aromatic rings. The van der Waals surface area contributed by atoms with Crippen molar-refractivity contribution >= 4 is 23.2 Å². The molecule has 4 rings (SSSR count). The van der Waals surface area contributed by atoms with Crippen molar-refractivity contribution in [1.29, 1.82) is 0 Å². The molecule has 0 bridgehead atoms. The molecule has 32 heavy (non-hydrogen) atoms. The van der Waals surface area contributed by atoms with E-state index in [0.29, 0.717) is 19.6 Å². The summed E-state index contributed by atoms with van der Waals surface area (Å²) in [5, 5.41) is 7.13. The Bertz CT molecular complexity index is 941. The van der Waals surface area contributed by atoms with E-state index in [4.69, 9.17) is 19.3 Å². The van der Waals surface area contributed by atoms with Gasteiger partial charge < -0.3 is 14.2 Å². The molecule has 7 nitrogen and oxygen atoms in total. The number of nitrogens with zero attached hydrogens (tertiary/aromatic N) is 2. The molecular weight excluding hydrogens is 408 g/mol. The summed E-state index contributed by atoms with van der Waals surface area (Å²) in [6, 6.07) is 8.10. The molecule has 2 aliphatic carbocycles. The molecule has 0 amide bonds. The van der Waals surface area contributed by atoms with Crippen LogP contribution < -0.4 is 0 Å². The van der Waals surface area contributed by atoms with E-state index in [-0.39, 0.29) is 19.1 Å². The fourth-order valence-electron chi connectivity index (χ4n) is 5.09. The van der Waals surface area contributed by atoms with Crippen molar-refractivity contribution in [2.75, 3.05) is 39.5 Å². The van der Waals surface area contributed by atoms with Crippen molar-refractivity contribution in [3.05, 3.63) is 41.5 Å². The third-order valence-corrected chi connectivity index (χ3v) is 6.79. The van der Waals surface area contributed by atoms with E-state index in [9.17, 15) is 9.59 Å². The van der Waals surface area contributed by atoms with Gasteiger partial charge in [0.1, 0.15) is 0 Å². The van der Waals surface area contributed by atoms with Gasteiger partial charge in [0.05, 0.1) is 45.2 Å². The van der Waals surface area contributed by atoms with Crippen LogP contribution in [0.15, 0.2) is 35.4 Å². The van der Waals surface area contributed by atoms with Gasteiger partial charge in [-0.05, 0) is 37.3 Å². The highest BCUT2D eigenvalue weighted by molar-refractivity contribution is 6.14. The third-order valence-electron chi connectivity index (χ3n) is 6.79. The first-order valence-corrected chi connectivity index (χ1v) is 11.4. The molecule has 0 aromatic heterocycles. The zero-order valence-electron chi connectivity index (χ0n) is 19.3. The Morgan fingerprint density at radius 2 is 1.66 bits per heavy atom. The molecule has 1 atom stereocenters. The first-order valence-electron chi connectivity index (χ1n) is 11.4. The van der Waals surface area contributed by atoms with Crippen LogP contribution in [0.5, 0.6) is 0 Å². The van der Waals surface area contributed by atoms with Crippen LogP contribution in [0, 0.1) is 16.7 Å². The van der Waals surface area contributed by atoms with E-state index in [0.717, 1.165) is 35.5 Å². The Balaban J connectivity index is 1.85. The van der Waals surface area contributed by atoms with Gasteiger partial charge >= 0.3 is 11.9 Å². The van der Waals surface area contributed by atoms with Crippen LogP contribution in [0.2, 0.25) is 0 Å². The highest BCUT2D eigenvalue weighted by atomic mass is 16.6. The molecule has 1 fully saturated rings. The fourth-order valence-corrected chi connectivity index (χ4v) is 5.09. The highest BCUT2D eigenvalue weighted by Crippen LogP contribution is 2.57. The molecule has 1 heterocycles. The van der Waals surface area contributed by atoms with Gasteiger partial charge in [-0.3, -0.25) is 14.6 Å². The quantitative estimate of drug-likeness (QED) is 0.517. The number of esters is 2. The van der Waals surface area contributed by atoms with E-state index < -0.39 is 22.8 Å². The molecule has 0 spiro atoms. The Labute approximate surface area is 189 Å². The lowest BCUT2D eigenvalue weighted by Gasteiger charge is -2.42. The molecule has 0 radical (unpaired) electrons. The molecule has 1 unspecified atom stereocenters. The van der Waals surface area contributed by atoms with E-state index >= 15 is 0 Å². The summed E-state index contributed by atoms with van der Waals surface area (Å²) in [5.41, 5.74) is 2.17. The summed E-state index contributed by atoms with van der Waals surface area (Å²) in [6.45, 7) is 11.0. The molecule has 7 heteroatoms. The predicted octanol–water partition coefficient (Wildman–Crippen LogP) is 3.28. The topological polar surface area (TPSA) is 77.4 Å². The van der Waals surface area contributed by atoms with E-state index in [1.807, 2.05) is 18.2 Å². The summed E-state index contributed by atoms with van der Waals surface area (Å²) in [6.07, 6.45) is 2.11. The molecule has 172 valence electrons. The maximum atomic E-state index is 13.1. The summed E-state index contributed by atoms with van der Waals surface area (Å²) in [4.78, 5) is 26.3. The molecule has 3 aliphatic rings. The lowest BCUT2D eigenvalue weighted by atomic mass is 9.63. The van der Waals surface area contributed by atoms with Gasteiger partial charge in [0, 0.05) is 11.0 Å². The first-order chi connectivity index (χ1) is 15.3. The monoisotopic (exact) mass is 440 g/mol. The lowest BCUT2D eigenvalue weighted by molar-refractivity contribution is -0.168. The number of rotatable bonds is 5. The van der Waals surface area contributed by atoms with Gasteiger partial charge in [-0.2, -0.15) is 5.10 Å². The number of ether oxygens (including phenoxy) is 3. The predicted molar refractivity (Wildman–Crippen MR) is 121 cm³/mol. The van der Waals surface area contributed by atoms with Crippen LogP contribution >= 0.6 is 0 Å². The molecular formula is C25H32N2O5. The number of allylic oxidation sites excluding steroid dienone is 1. The van der Waals surface area contributed by atoms with Crippen molar-refractivity contribution in [3.63, 3.8) is 0 Å². The molecule has 1 aromatic carbocycles. The number of hydrogen-bond donors (Lipinski definition) is 0. The first kappa shape index (κ1) is 22.5. The van der Waals surface area contributed by atoms with Gasteiger partial charge in [-0.25, -0.2) is 0 Å². The largest absolute Gasteiger partial charge is 0.465 e. The summed E-state index contributed by atoms with van der Waals surface area (Å²) in [7, 11) is 0. The zero-order chi connectivity index (χ0) is 22.9. The normalized spacial score (nSPS) is 24.4. The smallest absolute Gasteiger partial charge is 0.327 e. The lowest BCUT2D eigenvalue weighted by Crippen LogP contribution is -2.44. The van der Waals surface area contributed by atoms with Crippen molar-refractivity contribution in [3.8, 4) is 0 Å². The Hall–Kier alpha value is -2.67. The SMILES string of the molecule is CCOC(=O)C1(C(=O)OCC)C=C2c3ccccc3/C(=N/N3CCOCC3)C(C)(C)C2C1. The fraction of sp³-hybridized carbons (Fsp3) is 0.560. The van der Waals surface area contributed by atoms with Gasteiger partial charge in [0.15, 0.2) is 5.41 Å². The number of morpholine rings is 1. The van der Waals surface area contributed by atoms with Gasteiger partial charge in [0.2, 0.25) is 0 Å². The zero-order valence-corrected chi connectivity index (χ0v) is 19.3.